The molecule has 0 aliphatic heterocycles. The van der Waals surface area contributed by atoms with Crippen LogP contribution in [0.25, 0.3) is 0 Å². The summed E-state index contributed by atoms with van der Waals surface area (Å²) in [7, 11) is 0. The minimum absolute atomic E-state index is 0.0491. The van der Waals surface area contributed by atoms with Crippen molar-refractivity contribution >= 4 is 23.3 Å². The number of carboxylic acids is 1. The number of aromatic carboxylic acids is 1. The summed E-state index contributed by atoms with van der Waals surface area (Å²) in [5.74, 6) is -1.25. The third-order valence-corrected chi connectivity index (χ3v) is 3.11. The molecule has 2 aromatic rings. The Morgan fingerprint density at radius 2 is 2.00 bits per heavy atom. The molecule has 0 saturated heterocycles. The largest absolute Gasteiger partial charge is 0.488 e. The Labute approximate surface area is 124 Å². The van der Waals surface area contributed by atoms with E-state index in [9.17, 15) is 14.9 Å². The van der Waals surface area contributed by atoms with E-state index in [-0.39, 0.29) is 23.6 Å². The summed E-state index contributed by atoms with van der Waals surface area (Å²) >= 11 is 5.97. The van der Waals surface area contributed by atoms with Crippen LogP contribution in [0.3, 0.4) is 0 Å². The van der Waals surface area contributed by atoms with Gasteiger partial charge in [0.1, 0.15) is 17.9 Å². The fourth-order valence-corrected chi connectivity index (χ4v) is 1.89. The van der Waals surface area contributed by atoms with Crippen molar-refractivity contribution in [3.05, 3.63) is 68.7 Å². The Hall–Kier alpha value is -2.60. The van der Waals surface area contributed by atoms with E-state index in [1.807, 2.05) is 0 Å². The molecular weight excluding hydrogens is 298 g/mol. The zero-order valence-electron chi connectivity index (χ0n) is 10.7. The highest BCUT2D eigenvalue weighted by Crippen LogP contribution is 2.26. The van der Waals surface area contributed by atoms with Gasteiger partial charge in [-0.15, -0.1) is 0 Å². The molecule has 0 radical (unpaired) electrons. The molecule has 7 heteroatoms. The lowest BCUT2D eigenvalue weighted by molar-refractivity contribution is -0.384. The van der Waals surface area contributed by atoms with Crippen molar-refractivity contribution < 1.29 is 19.6 Å². The topological polar surface area (TPSA) is 89.7 Å². The Morgan fingerprint density at radius 3 is 2.62 bits per heavy atom. The molecule has 0 amide bonds. The lowest BCUT2D eigenvalue weighted by Crippen LogP contribution is -2.04. The molecule has 0 aliphatic rings. The molecule has 1 N–H and O–H groups in total. The average molecular weight is 308 g/mol. The number of halogens is 1. The first-order valence-corrected chi connectivity index (χ1v) is 6.25. The highest BCUT2D eigenvalue weighted by Gasteiger charge is 2.17. The van der Waals surface area contributed by atoms with Crippen LogP contribution in [-0.4, -0.2) is 16.0 Å². The highest BCUT2D eigenvalue weighted by molar-refractivity contribution is 6.31. The Kier molecular flexibility index (Phi) is 4.39. The van der Waals surface area contributed by atoms with E-state index in [2.05, 4.69) is 0 Å². The lowest BCUT2D eigenvalue weighted by atomic mass is 10.1. The summed E-state index contributed by atoms with van der Waals surface area (Å²) in [6.45, 7) is 0.0672. The molecule has 0 bridgehead atoms. The van der Waals surface area contributed by atoms with Gasteiger partial charge >= 0.3 is 5.97 Å². The number of carboxylic acid groups (broad SMARTS) is 1. The maximum absolute atomic E-state index is 11.1. The molecule has 0 unspecified atom stereocenters. The molecular formula is C14H10ClNO5. The highest BCUT2D eigenvalue weighted by atomic mass is 35.5. The lowest BCUT2D eigenvalue weighted by Gasteiger charge is -2.10. The molecule has 0 fully saturated rings. The zero-order chi connectivity index (χ0) is 15.4. The summed E-state index contributed by atoms with van der Waals surface area (Å²) in [5.41, 5.74) is 0.114. The second-order valence-electron chi connectivity index (χ2n) is 4.12. The molecule has 2 aromatic carbocycles. The van der Waals surface area contributed by atoms with Gasteiger partial charge in [0.15, 0.2) is 0 Å². The zero-order valence-corrected chi connectivity index (χ0v) is 11.4. The van der Waals surface area contributed by atoms with E-state index in [0.717, 1.165) is 6.07 Å². The van der Waals surface area contributed by atoms with Crippen molar-refractivity contribution in [3.8, 4) is 5.75 Å². The first kappa shape index (κ1) is 14.8. The minimum atomic E-state index is -1.30. The van der Waals surface area contributed by atoms with Gasteiger partial charge in [0.2, 0.25) is 0 Å². The smallest absolute Gasteiger partial charge is 0.339 e. The van der Waals surface area contributed by atoms with Crippen LogP contribution in [0.15, 0.2) is 42.5 Å². The Morgan fingerprint density at radius 1 is 1.29 bits per heavy atom. The second kappa shape index (κ2) is 6.23. The van der Waals surface area contributed by atoms with Crippen molar-refractivity contribution in [1.29, 1.82) is 0 Å². The number of nitro groups is 1. The molecule has 0 aromatic heterocycles. The van der Waals surface area contributed by atoms with Crippen LogP contribution >= 0.6 is 11.6 Å². The molecule has 21 heavy (non-hydrogen) atoms. The number of rotatable bonds is 5. The van der Waals surface area contributed by atoms with Gasteiger partial charge in [-0.05, 0) is 12.1 Å². The number of hydrogen-bond donors (Lipinski definition) is 1. The van der Waals surface area contributed by atoms with Crippen molar-refractivity contribution in [2.75, 3.05) is 0 Å². The van der Waals surface area contributed by atoms with Crippen molar-refractivity contribution in [2.24, 2.45) is 0 Å². The van der Waals surface area contributed by atoms with Gasteiger partial charge in [0, 0.05) is 22.7 Å². The third kappa shape index (κ3) is 3.49. The van der Waals surface area contributed by atoms with E-state index in [1.54, 1.807) is 24.3 Å². The van der Waals surface area contributed by atoms with Gasteiger partial charge in [-0.25, -0.2) is 4.79 Å². The second-order valence-corrected chi connectivity index (χ2v) is 4.53. The van der Waals surface area contributed by atoms with E-state index < -0.39 is 10.9 Å². The fourth-order valence-electron chi connectivity index (χ4n) is 1.70. The summed E-state index contributed by atoms with van der Waals surface area (Å²) in [4.78, 5) is 21.1. The Bertz CT molecular complexity index is 702. The molecule has 0 heterocycles. The molecule has 6 nitrogen and oxygen atoms in total. The first-order chi connectivity index (χ1) is 9.99. The monoisotopic (exact) mass is 307 g/mol. The maximum Gasteiger partial charge on any atom is 0.339 e. The quantitative estimate of drug-likeness (QED) is 0.674. The number of non-ortho nitro benzene ring substituents is 1. The normalized spacial score (nSPS) is 10.1. The van der Waals surface area contributed by atoms with Crippen LogP contribution in [0, 0.1) is 10.1 Å². The van der Waals surface area contributed by atoms with Crippen molar-refractivity contribution in [1.82, 2.24) is 0 Å². The van der Waals surface area contributed by atoms with Crippen LogP contribution in [-0.2, 0) is 6.61 Å². The van der Waals surface area contributed by atoms with Gasteiger partial charge in [-0.3, -0.25) is 10.1 Å². The van der Waals surface area contributed by atoms with Gasteiger partial charge in [0.25, 0.3) is 5.69 Å². The standard InChI is InChI=1S/C14H10ClNO5/c15-12-4-2-1-3-9(12)8-21-13-6-5-10(16(19)20)7-11(13)14(17)18/h1-7H,8H2,(H,17,18). The summed E-state index contributed by atoms with van der Waals surface area (Å²) in [6.07, 6.45) is 0. The average Bonchev–Trinajstić information content (AvgIpc) is 2.46. The predicted octanol–water partition coefficient (Wildman–Crippen LogP) is 3.53. The molecule has 0 saturated carbocycles. The van der Waals surface area contributed by atoms with E-state index in [1.165, 1.54) is 12.1 Å². The van der Waals surface area contributed by atoms with Crippen molar-refractivity contribution in [2.45, 2.75) is 6.61 Å². The molecule has 0 atom stereocenters. The van der Waals surface area contributed by atoms with Crippen LogP contribution in [0.4, 0.5) is 5.69 Å². The minimum Gasteiger partial charge on any atom is -0.488 e. The number of hydrogen-bond acceptors (Lipinski definition) is 4. The van der Waals surface area contributed by atoms with E-state index >= 15 is 0 Å². The molecule has 0 aliphatic carbocycles. The molecule has 0 spiro atoms. The summed E-state index contributed by atoms with van der Waals surface area (Å²) < 4.78 is 5.41. The van der Waals surface area contributed by atoms with Crippen LogP contribution in [0.1, 0.15) is 15.9 Å². The van der Waals surface area contributed by atoms with Gasteiger partial charge in [0.05, 0.1) is 4.92 Å². The molecule has 108 valence electrons. The van der Waals surface area contributed by atoms with Crippen LogP contribution < -0.4 is 4.74 Å². The van der Waals surface area contributed by atoms with E-state index in [4.69, 9.17) is 21.4 Å². The predicted molar refractivity (Wildman–Crippen MR) is 75.8 cm³/mol. The number of ether oxygens (including phenoxy) is 1. The number of carbonyl (C=O) groups is 1. The van der Waals surface area contributed by atoms with E-state index in [0.29, 0.717) is 10.6 Å². The number of nitro benzene ring substituents is 1. The fraction of sp³-hybridized carbons (Fsp3) is 0.0714. The maximum atomic E-state index is 11.1. The van der Waals surface area contributed by atoms with Gasteiger partial charge < -0.3 is 9.84 Å². The third-order valence-electron chi connectivity index (χ3n) is 2.75. The number of nitrogens with zero attached hydrogens (tertiary/aromatic N) is 1. The first-order valence-electron chi connectivity index (χ1n) is 5.87. The van der Waals surface area contributed by atoms with Crippen LogP contribution in [0.2, 0.25) is 5.02 Å². The Balaban J connectivity index is 2.26. The van der Waals surface area contributed by atoms with Crippen molar-refractivity contribution in [3.63, 3.8) is 0 Å². The van der Waals surface area contributed by atoms with Gasteiger partial charge in [-0.1, -0.05) is 29.8 Å². The number of benzene rings is 2. The van der Waals surface area contributed by atoms with Crippen LogP contribution in [0.5, 0.6) is 5.75 Å². The van der Waals surface area contributed by atoms with Gasteiger partial charge in [-0.2, -0.15) is 0 Å². The summed E-state index contributed by atoms with van der Waals surface area (Å²) in [6, 6.07) is 10.4. The molecule has 2 rings (SSSR count). The SMILES string of the molecule is O=C(O)c1cc([N+](=O)[O-])ccc1OCc1ccccc1Cl. The summed E-state index contributed by atoms with van der Waals surface area (Å²) in [5, 5.41) is 20.3.